The molecule has 3 rings (SSSR count). The molecule has 2 aromatic carbocycles. The summed E-state index contributed by atoms with van der Waals surface area (Å²) in [6.45, 7) is 0.564. The minimum absolute atomic E-state index is 0.0352. The van der Waals surface area contributed by atoms with E-state index in [9.17, 15) is 4.79 Å². The molecule has 0 saturated carbocycles. The maximum absolute atomic E-state index is 12.3. The summed E-state index contributed by atoms with van der Waals surface area (Å²) in [6.07, 6.45) is 0. The topological polar surface area (TPSA) is 46.3 Å². The molecule has 1 heterocycles. The van der Waals surface area contributed by atoms with Crippen LogP contribution in [0.4, 0.5) is 0 Å². The number of thioether (sulfide) groups is 1. The molecule has 118 valence electrons. The third kappa shape index (κ3) is 3.95. The van der Waals surface area contributed by atoms with Gasteiger partial charge in [0.25, 0.3) is 5.22 Å². The van der Waals surface area contributed by atoms with Crippen LogP contribution in [0.2, 0.25) is 0 Å². The SMILES string of the molecule is CN(Cc1ccccc1Br)C(=O)CSc1nc2ccccc2o1. The Morgan fingerprint density at radius 1 is 1.22 bits per heavy atom. The van der Waals surface area contributed by atoms with Gasteiger partial charge < -0.3 is 9.32 Å². The summed E-state index contributed by atoms with van der Waals surface area (Å²) in [6, 6.07) is 15.5. The minimum atomic E-state index is 0.0352. The summed E-state index contributed by atoms with van der Waals surface area (Å²) in [5, 5.41) is 0.522. The highest BCUT2D eigenvalue weighted by Gasteiger charge is 2.13. The number of hydrogen-bond donors (Lipinski definition) is 0. The van der Waals surface area contributed by atoms with Gasteiger partial charge in [-0.15, -0.1) is 0 Å². The molecule has 0 aliphatic heterocycles. The lowest BCUT2D eigenvalue weighted by Gasteiger charge is -2.17. The number of halogens is 1. The maximum atomic E-state index is 12.3. The summed E-state index contributed by atoms with van der Waals surface area (Å²) >= 11 is 4.82. The number of rotatable bonds is 5. The fourth-order valence-electron chi connectivity index (χ4n) is 2.12. The fraction of sp³-hybridized carbons (Fsp3) is 0.176. The largest absolute Gasteiger partial charge is 0.431 e. The number of nitrogens with zero attached hydrogens (tertiary/aromatic N) is 2. The highest BCUT2D eigenvalue weighted by atomic mass is 79.9. The van der Waals surface area contributed by atoms with Crippen LogP contribution in [0.1, 0.15) is 5.56 Å². The van der Waals surface area contributed by atoms with Crippen molar-refractivity contribution < 1.29 is 9.21 Å². The van der Waals surface area contributed by atoms with E-state index in [0.717, 1.165) is 21.1 Å². The maximum Gasteiger partial charge on any atom is 0.257 e. The van der Waals surface area contributed by atoms with Crippen LogP contribution in [-0.2, 0) is 11.3 Å². The Morgan fingerprint density at radius 2 is 1.96 bits per heavy atom. The van der Waals surface area contributed by atoms with E-state index < -0.39 is 0 Å². The number of fused-ring (bicyclic) bond motifs is 1. The molecule has 0 radical (unpaired) electrons. The highest BCUT2D eigenvalue weighted by molar-refractivity contribution is 9.10. The van der Waals surface area contributed by atoms with E-state index in [1.165, 1.54) is 11.8 Å². The summed E-state index contributed by atoms with van der Waals surface area (Å²) < 4.78 is 6.61. The van der Waals surface area contributed by atoms with Gasteiger partial charge in [-0.1, -0.05) is 58.0 Å². The minimum Gasteiger partial charge on any atom is -0.431 e. The zero-order chi connectivity index (χ0) is 16.2. The van der Waals surface area contributed by atoms with Gasteiger partial charge in [0, 0.05) is 18.1 Å². The zero-order valence-corrected chi connectivity index (χ0v) is 14.9. The molecule has 4 nitrogen and oxygen atoms in total. The lowest BCUT2D eigenvalue weighted by molar-refractivity contribution is -0.127. The number of carbonyl (C=O) groups is 1. The smallest absolute Gasteiger partial charge is 0.257 e. The summed E-state index contributed by atoms with van der Waals surface area (Å²) in [7, 11) is 1.80. The molecular weight excluding hydrogens is 376 g/mol. The fourth-order valence-corrected chi connectivity index (χ4v) is 3.31. The summed E-state index contributed by atoms with van der Waals surface area (Å²) in [4.78, 5) is 18.3. The molecule has 23 heavy (non-hydrogen) atoms. The molecule has 0 spiro atoms. The van der Waals surface area contributed by atoms with Gasteiger partial charge in [-0.25, -0.2) is 4.98 Å². The molecule has 1 amide bonds. The van der Waals surface area contributed by atoms with E-state index in [-0.39, 0.29) is 5.91 Å². The lowest BCUT2D eigenvalue weighted by atomic mass is 10.2. The predicted molar refractivity (Wildman–Crippen MR) is 95.3 cm³/mol. The third-order valence-electron chi connectivity index (χ3n) is 3.38. The lowest BCUT2D eigenvalue weighted by Crippen LogP contribution is -2.27. The van der Waals surface area contributed by atoms with Crippen molar-refractivity contribution >= 4 is 44.7 Å². The van der Waals surface area contributed by atoms with Crippen molar-refractivity contribution in [2.75, 3.05) is 12.8 Å². The van der Waals surface area contributed by atoms with Gasteiger partial charge in [0.1, 0.15) is 5.52 Å². The Balaban J connectivity index is 1.59. The van der Waals surface area contributed by atoms with Crippen molar-refractivity contribution in [2.24, 2.45) is 0 Å². The summed E-state index contributed by atoms with van der Waals surface area (Å²) in [5.74, 6) is 0.335. The number of oxazole rings is 1. The van der Waals surface area contributed by atoms with E-state index in [1.807, 2.05) is 48.5 Å². The first kappa shape index (κ1) is 16.1. The van der Waals surface area contributed by atoms with Crippen LogP contribution in [0.3, 0.4) is 0 Å². The molecular formula is C17H15BrN2O2S. The van der Waals surface area contributed by atoms with Gasteiger partial charge in [-0.05, 0) is 23.8 Å². The molecule has 0 saturated heterocycles. The van der Waals surface area contributed by atoms with Gasteiger partial charge in [0.05, 0.1) is 5.75 Å². The summed E-state index contributed by atoms with van der Waals surface area (Å²) in [5.41, 5.74) is 2.63. The first-order valence-corrected chi connectivity index (χ1v) is 8.87. The Morgan fingerprint density at radius 3 is 2.74 bits per heavy atom. The van der Waals surface area contributed by atoms with Crippen LogP contribution in [0.25, 0.3) is 11.1 Å². The van der Waals surface area contributed by atoms with Crippen molar-refractivity contribution in [2.45, 2.75) is 11.8 Å². The average Bonchev–Trinajstić information content (AvgIpc) is 2.97. The molecule has 0 N–H and O–H groups in total. The molecule has 0 atom stereocenters. The third-order valence-corrected chi connectivity index (χ3v) is 4.97. The molecule has 3 aromatic rings. The van der Waals surface area contributed by atoms with Crippen LogP contribution in [0, 0.1) is 0 Å². The number of para-hydroxylation sites is 2. The highest BCUT2D eigenvalue weighted by Crippen LogP contribution is 2.23. The van der Waals surface area contributed by atoms with Crippen LogP contribution in [-0.4, -0.2) is 28.6 Å². The quantitative estimate of drug-likeness (QED) is 0.607. The van der Waals surface area contributed by atoms with E-state index >= 15 is 0 Å². The van der Waals surface area contributed by atoms with Gasteiger partial charge in [0.2, 0.25) is 5.91 Å². The van der Waals surface area contributed by atoms with E-state index in [0.29, 0.717) is 17.5 Å². The number of aromatic nitrogens is 1. The van der Waals surface area contributed by atoms with E-state index in [4.69, 9.17) is 4.42 Å². The molecule has 0 fully saturated rings. The Labute approximate surface area is 147 Å². The molecule has 0 aliphatic carbocycles. The standard InChI is InChI=1S/C17H15BrN2O2S/c1-20(10-12-6-2-3-7-13(12)18)16(21)11-23-17-19-14-8-4-5-9-15(14)22-17/h2-9H,10-11H2,1H3. The number of benzene rings is 2. The molecule has 1 aromatic heterocycles. The second-order valence-corrected chi connectivity index (χ2v) is 6.86. The second-order valence-electron chi connectivity index (χ2n) is 5.08. The molecule has 0 aliphatic rings. The van der Waals surface area contributed by atoms with Crippen LogP contribution in [0.5, 0.6) is 0 Å². The van der Waals surface area contributed by atoms with Gasteiger partial charge in [-0.2, -0.15) is 0 Å². The second kappa shape index (κ2) is 7.19. The Bertz CT molecular complexity index is 801. The van der Waals surface area contributed by atoms with Gasteiger partial charge >= 0.3 is 0 Å². The monoisotopic (exact) mass is 390 g/mol. The normalized spacial score (nSPS) is 10.9. The van der Waals surface area contributed by atoms with Gasteiger partial charge in [0.15, 0.2) is 5.58 Å². The molecule has 6 heteroatoms. The zero-order valence-electron chi connectivity index (χ0n) is 12.5. The van der Waals surface area contributed by atoms with Crippen LogP contribution in [0.15, 0.2) is 62.6 Å². The van der Waals surface area contributed by atoms with E-state index in [2.05, 4.69) is 20.9 Å². The average molecular weight is 391 g/mol. The van der Waals surface area contributed by atoms with Crippen molar-refractivity contribution in [1.82, 2.24) is 9.88 Å². The Hall–Kier alpha value is -1.79. The van der Waals surface area contributed by atoms with Gasteiger partial charge in [-0.3, -0.25) is 4.79 Å². The molecule has 0 bridgehead atoms. The predicted octanol–water partition coefficient (Wildman–Crippen LogP) is 4.34. The molecule has 0 unspecified atom stereocenters. The van der Waals surface area contributed by atoms with Crippen LogP contribution >= 0.6 is 27.7 Å². The number of amides is 1. The first-order chi connectivity index (χ1) is 11.1. The van der Waals surface area contributed by atoms with Crippen LogP contribution < -0.4 is 0 Å². The Kier molecular flexibility index (Phi) is 5.03. The number of carbonyl (C=O) groups excluding carboxylic acids is 1. The van der Waals surface area contributed by atoms with Crippen molar-refractivity contribution in [3.63, 3.8) is 0 Å². The van der Waals surface area contributed by atoms with Crippen molar-refractivity contribution in [3.8, 4) is 0 Å². The van der Waals surface area contributed by atoms with Crippen molar-refractivity contribution in [3.05, 3.63) is 58.6 Å². The van der Waals surface area contributed by atoms with E-state index in [1.54, 1.807) is 11.9 Å². The number of hydrogen-bond acceptors (Lipinski definition) is 4. The van der Waals surface area contributed by atoms with Crippen molar-refractivity contribution in [1.29, 1.82) is 0 Å². The first-order valence-electron chi connectivity index (χ1n) is 7.09.